The van der Waals surface area contributed by atoms with Crippen molar-refractivity contribution in [3.05, 3.63) is 59.9 Å². The van der Waals surface area contributed by atoms with Crippen LogP contribution in [-0.4, -0.2) is 6.03 Å². The summed E-state index contributed by atoms with van der Waals surface area (Å²) in [5, 5.41) is 5.17. The first kappa shape index (κ1) is 15.0. The van der Waals surface area contributed by atoms with Gasteiger partial charge in [0.25, 0.3) is 0 Å². The maximum absolute atomic E-state index is 13.4. The summed E-state index contributed by atoms with van der Waals surface area (Å²) in [5.74, 6) is 0.0334. The van der Waals surface area contributed by atoms with Crippen LogP contribution in [0.4, 0.5) is 20.6 Å². The molecule has 1 atom stereocenters. The van der Waals surface area contributed by atoms with Crippen LogP contribution in [0.25, 0.3) is 0 Å². The lowest BCUT2D eigenvalue weighted by atomic mass is 9.99. The summed E-state index contributed by atoms with van der Waals surface area (Å²) in [7, 11) is 0. The Morgan fingerprint density at radius 1 is 1.10 bits per heavy atom. The van der Waals surface area contributed by atoms with E-state index < -0.39 is 11.8 Å². The zero-order chi connectivity index (χ0) is 15.2. The summed E-state index contributed by atoms with van der Waals surface area (Å²) in [6.45, 7) is 4.30. The second-order valence-corrected chi connectivity index (χ2v) is 4.99. The minimum absolute atomic E-state index is 0.159. The number of hydrogen-bond donors (Lipinski definition) is 2. The van der Waals surface area contributed by atoms with E-state index in [4.69, 9.17) is 0 Å². The summed E-state index contributed by atoms with van der Waals surface area (Å²) in [6.07, 6.45) is 1.07. The van der Waals surface area contributed by atoms with Crippen LogP contribution in [0.2, 0.25) is 0 Å². The molecule has 2 rings (SSSR count). The Labute approximate surface area is 124 Å². The van der Waals surface area contributed by atoms with Crippen LogP contribution in [0.15, 0.2) is 48.5 Å². The van der Waals surface area contributed by atoms with E-state index in [1.807, 2.05) is 24.3 Å². The zero-order valence-corrected chi connectivity index (χ0v) is 12.2. The number of carbonyl (C=O) groups is 1. The number of hydrogen-bond acceptors (Lipinski definition) is 1. The van der Waals surface area contributed by atoms with E-state index in [0.29, 0.717) is 11.6 Å². The number of carbonyl (C=O) groups excluding carboxylic acids is 1. The fraction of sp³-hybridized carbons (Fsp3) is 0.235. The monoisotopic (exact) mass is 286 g/mol. The second kappa shape index (κ2) is 6.88. The van der Waals surface area contributed by atoms with Gasteiger partial charge in [-0.15, -0.1) is 0 Å². The smallest absolute Gasteiger partial charge is 0.308 e. The van der Waals surface area contributed by atoms with Crippen molar-refractivity contribution in [2.75, 3.05) is 10.6 Å². The number of urea groups is 1. The van der Waals surface area contributed by atoms with Crippen molar-refractivity contribution in [1.29, 1.82) is 0 Å². The van der Waals surface area contributed by atoms with Crippen LogP contribution in [0.3, 0.4) is 0 Å². The SMILES string of the molecule is CC[C@@H](C)c1ccc(NC(=O)Nc2ccccc2F)cc1. The van der Waals surface area contributed by atoms with Crippen LogP contribution < -0.4 is 10.6 Å². The molecule has 0 saturated heterocycles. The quantitative estimate of drug-likeness (QED) is 0.817. The maximum Gasteiger partial charge on any atom is 0.323 e. The molecule has 0 spiro atoms. The van der Waals surface area contributed by atoms with Crippen molar-refractivity contribution in [2.45, 2.75) is 26.2 Å². The van der Waals surface area contributed by atoms with Crippen LogP contribution in [0, 0.1) is 5.82 Å². The lowest BCUT2D eigenvalue weighted by Gasteiger charge is -2.11. The van der Waals surface area contributed by atoms with Crippen LogP contribution in [0.1, 0.15) is 31.7 Å². The van der Waals surface area contributed by atoms with Crippen molar-refractivity contribution >= 4 is 17.4 Å². The number of anilines is 2. The molecule has 0 aliphatic rings. The molecule has 0 saturated carbocycles. The second-order valence-electron chi connectivity index (χ2n) is 4.99. The van der Waals surface area contributed by atoms with Crippen LogP contribution in [-0.2, 0) is 0 Å². The fourth-order valence-corrected chi connectivity index (χ4v) is 1.98. The molecule has 2 aromatic carbocycles. The summed E-state index contributed by atoms with van der Waals surface area (Å²) < 4.78 is 13.4. The summed E-state index contributed by atoms with van der Waals surface area (Å²) in [4.78, 5) is 11.8. The average Bonchev–Trinajstić information content (AvgIpc) is 2.49. The molecule has 0 aliphatic heterocycles. The van der Waals surface area contributed by atoms with E-state index in [0.717, 1.165) is 6.42 Å². The number of benzene rings is 2. The Morgan fingerprint density at radius 3 is 2.38 bits per heavy atom. The van der Waals surface area contributed by atoms with E-state index in [1.165, 1.54) is 17.7 Å². The molecule has 0 fully saturated rings. The third kappa shape index (κ3) is 4.05. The lowest BCUT2D eigenvalue weighted by Crippen LogP contribution is -2.20. The highest BCUT2D eigenvalue weighted by atomic mass is 19.1. The highest BCUT2D eigenvalue weighted by molar-refractivity contribution is 5.99. The summed E-state index contributed by atoms with van der Waals surface area (Å²) in [5.41, 5.74) is 2.07. The van der Waals surface area contributed by atoms with E-state index in [2.05, 4.69) is 24.5 Å². The molecule has 2 amide bonds. The predicted octanol–water partition coefficient (Wildman–Crippen LogP) is 4.98. The van der Waals surface area contributed by atoms with Gasteiger partial charge in [0, 0.05) is 5.69 Å². The van der Waals surface area contributed by atoms with Crippen molar-refractivity contribution in [1.82, 2.24) is 0 Å². The van der Waals surface area contributed by atoms with Gasteiger partial charge in [-0.1, -0.05) is 38.1 Å². The molecule has 0 aliphatic carbocycles. The van der Waals surface area contributed by atoms with Gasteiger partial charge in [0.05, 0.1) is 5.69 Å². The Hall–Kier alpha value is -2.36. The Morgan fingerprint density at radius 2 is 1.76 bits per heavy atom. The highest BCUT2D eigenvalue weighted by Gasteiger charge is 2.07. The number of nitrogens with one attached hydrogen (secondary N) is 2. The normalized spacial score (nSPS) is 11.8. The van der Waals surface area contributed by atoms with Gasteiger partial charge in [-0.3, -0.25) is 0 Å². The third-order valence-electron chi connectivity index (χ3n) is 3.47. The largest absolute Gasteiger partial charge is 0.323 e. The van der Waals surface area contributed by atoms with E-state index in [9.17, 15) is 9.18 Å². The first-order chi connectivity index (χ1) is 10.1. The third-order valence-corrected chi connectivity index (χ3v) is 3.47. The molecular weight excluding hydrogens is 267 g/mol. The van der Waals surface area contributed by atoms with Gasteiger partial charge in [-0.25, -0.2) is 9.18 Å². The first-order valence-corrected chi connectivity index (χ1v) is 7.02. The molecule has 0 unspecified atom stereocenters. The van der Waals surface area contributed by atoms with Gasteiger partial charge in [-0.2, -0.15) is 0 Å². The molecule has 0 aromatic heterocycles. The molecule has 21 heavy (non-hydrogen) atoms. The summed E-state index contributed by atoms with van der Waals surface area (Å²) >= 11 is 0. The molecule has 0 bridgehead atoms. The van der Waals surface area contributed by atoms with Crippen LogP contribution in [0.5, 0.6) is 0 Å². The number of halogens is 1. The standard InChI is InChI=1S/C17H19FN2O/c1-3-12(2)13-8-10-14(11-9-13)19-17(21)20-16-7-5-4-6-15(16)18/h4-12H,3H2,1-2H3,(H2,19,20,21)/t12-/m1/s1. The van der Waals surface area contributed by atoms with Gasteiger partial charge in [0.15, 0.2) is 0 Å². The van der Waals surface area contributed by atoms with Gasteiger partial charge in [0.1, 0.15) is 5.82 Å². The molecule has 0 heterocycles. The van der Waals surface area contributed by atoms with Gasteiger partial charge in [-0.05, 0) is 42.2 Å². The maximum atomic E-state index is 13.4. The minimum atomic E-state index is -0.462. The Balaban J connectivity index is 1.98. The predicted molar refractivity (Wildman–Crippen MR) is 84.2 cm³/mol. The molecular formula is C17H19FN2O. The van der Waals surface area contributed by atoms with Crippen molar-refractivity contribution in [3.8, 4) is 0 Å². The van der Waals surface area contributed by atoms with E-state index in [1.54, 1.807) is 12.1 Å². The van der Waals surface area contributed by atoms with E-state index in [-0.39, 0.29) is 5.69 Å². The van der Waals surface area contributed by atoms with E-state index >= 15 is 0 Å². The van der Waals surface area contributed by atoms with Crippen molar-refractivity contribution < 1.29 is 9.18 Å². The summed E-state index contributed by atoms with van der Waals surface area (Å²) in [6, 6.07) is 13.3. The molecule has 3 nitrogen and oxygen atoms in total. The van der Waals surface area contributed by atoms with Gasteiger partial charge < -0.3 is 10.6 Å². The average molecular weight is 286 g/mol. The number of amides is 2. The highest BCUT2D eigenvalue weighted by Crippen LogP contribution is 2.20. The van der Waals surface area contributed by atoms with Crippen LogP contribution >= 0.6 is 0 Å². The van der Waals surface area contributed by atoms with Gasteiger partial charge >= 0.3 is 6.03 Å². The molecule has 0 radical (unpaired) electrons. The molecule has 4 heteroatoms. The van der Waals surface area contributed by atoms with Gasteiger partial charge in [0.2, 0.25) is 0 Å². The fourth-order valence-electron chi connectivity index (χ4n) is 1.98. The number of para-hydroxylation sites is 1. The van der Waals surface area contributed by atoms with Crippen molar-refractivity contribution in [3.63, 3.8) is 0 Å². The topological polar surface area (TPSA) is 41.1 Å². The minimum Gasteiger partial charge on any atom is -0.308 e. The zero-order valence-electron chi connectivity index (χ0n) is 12.2. The Bertz CT molecular complexity index is 610. The molecule has 110 valence electrons. The molecule has 2 N–H and O–H groups in total. The van der Waals surface area contributed by atoms with Crippen molar-refractivity contribution in [2.24, 2.45) is 0 Å². The lowest BCUT2D eigenvalue weighted by molar-refractivity contribution is 0.262. The molecule has 2 aromatic rings. The Kier molecular flexibility index (Phi) is 4.93. The first-order valence-electron chi connectivity index (χ1n) is 7.02. The number of rotatable bonds is 4.